The van der Waals surface area contributed by atoms with Crippen molar-refractivity contribution in [1.82, 2.24) is 0 Å². The third kappa shape index (κ3) is 2.23. The molecule has 0 aliphatic carbocycles. The Kier molecular flexibility index (Phi) is 3.12. The van der Waals surface area contributed by atoms with E-state index in [4.69, 9.17) is 11.6 Å². The maximum absolute atomic E-state index is 9.65. The summed E-state index contributed by atoms with van der Waals surface area (Å²) in [5, 5.41) is 10.3. The van der Waals surface area contributed by atoms with Crippen molar-refractivity contribution in [2.24, 2.45) is 5.92 Å². The number of hydrogen-bond donors (Lipinski definition) is 1. The lowest BCUT2D eigenvalue weighted by molar-refractivity contribution is 0.127. The molecular weight excluding hydrogens is 172 g/mol. The molecule has 1 atom stereocenters. The first-order chi connectivity index (χ1) is 5.61. The first-order valence-electron chi connectivity index (χ1n) is 4.05. The standard InChI is InChI=1S/C10H13ClO/c1-7(2)10(12)8-3-5-9(11)6-4-8/h3-7,10,12H,1-2H3/t10-/m1/s1. The highest BCUT2D eigenvalue weighted by Gasteiger charge is 2.10. The van der Waals surface area contributed by atoms with Crippen molar-refractivity contribution in [3.05, 3.63) is 34.9 Å². The summed E-state index contributed by atoms with van der Waals surface area (Å²) in [6.07, 6.45) is -0.387. The zero-order valence-electron chi connectivity index (χ0n) is 7.29. The molecule has 0 amide bonds. The van der Waals surface area contributed by atoms with Crippen LogP contribution < -0.4 is 0 Å². The molecular formula is C10H13ClO. The number of aliphatic hydroxyl groups excluding tert-OH is 1. The van der Waals surface area contributed by atoms with E-state index in [1.807, 2.05) is 26.0 Å². The van der Waals surface area contributed by atoms with Crippen LogP contribution in [0.5, 0.6) is 0 Å². The molecule has 66 valence electrons. The lowest BCUT2D eigenvalue weighted by Gasteiger charge is -2.14. The van der Waals surface area contributed by atoms with Gasteiger partial charge in [-0.25, -0.2) is 0 Å². The molecule has 0 saturated carbocycles. The smallest absolute Gasteiger partial charge is 0.0812 e. The third-order valence-electron chi connectivity index (χ3n) is 1.84. The van der Waals surface area contributed by atoms with Crippen LogP contribution in [0.25, 0.3) is 0 Å². The molecule has 0 bridgehead atoms. The van der Waals surface area contributed by atoms with Crippen molar-refractivity contribution in [2.75, 3.05) is 0 Å². The minimum atomic E-state index is -0.387. The number of aliphatic hydroxyl groups is 1. The van der Waals surface area contributed by atoms with Gasteiger partial charge in [0.05, 0.1) is 6.10 Å². The molecule has 0 aliphatic heterocycles. The van der Waals surface area contributed by atoms with Gasteiger partial charge in [0.15, 0.2) is 0 Å². The molecule has 1 aromatic carbocycles. The van der Waals surface area contributed by atoms with E-state index in [9.17, 15) is 5.11 Å². The van der Waals surface area contributed by atoms with E-state index in [2.05, 4.69) is 0 Å². The van der Waals surface area contributed by atoms with E-state index in [0.717, 1.165) is 5.56 Å². The molecule has 1 nitrogen and oxygen atoms in total. The zero-order chi connectivity index (χ0) is 9.14. The van der Waals surface area contributed by atoms with Crippen LogP contribution in [0, 0.1) is 5.92 Å². The molecule has 12 heavy (non-hydrogen) atoms. The summed E-state index contributed by atoms with van der Waals surface area (Å²) in [5.41, 5.74) is 0.925. The van der Waals surface area contributed by atoms with E-state index >= 15 is 0 Å². The Bertz CT molecular complexity index is 241. The number of rotatable bonds is 2. The van der Waals surface area contributed by atoms with Gasteiger partial charge in [-0.15, -0.1) is 0 Å². The van der Waals surface area contributed by atoms with Crippen LogP contribution in [0.2, 0.25) is 5.02 Å². The average Bonchev–Trinajstić information content (AvgIpc) is 2.04. The fourth-order valence-corrected chi connectivity index (χ4v) is 1.17. The topological polar surface area (TPSA) is 20.2 Å². The predicted molar refractivity (Wildman–Crippen MR) is 51.2 cm³/mol. The van der Waals surface area contributed by atoms with Crippen LogP contribution in [-0.2, 0) is 0 Å². The van der Waals surface area contributed by atoms with Crippen LogP contribution in [0.3, 0.4) is 0 Å². The van der Waals surface area contributed by atoms with E-state index < -0.39 is 0 Å². The Morgan fingerprint density at radius 2 is 1.67 bits per heavy atom. The maximum atomic E-state index is 9.65. The second kappa shape index (κ2) is 3.92. The fraction of sp³-hybridized carbons (Fsp3) is 0.400. The molecule has 0 saturated heterocycles. The third-order valence-corrected chi connectivity index (χ3v) is 2.09. The van der Waals surface area contributed by atoms with Crippen molar-refractivity contribution in [3.8, 4) is 0 Å². The summed E-state index contributed by atoms with van der Waals surface area (Å²) in [4.78, 5) is 0. The van der Waals surface area contributed by atoms with Crippen LogP contribution in [0.15, 0.2) is 24.3 Å². The molecule has 0 unspecified atom stereocenters. The molecule has 1 aromatic rings. The molecule has 0 heterocycles. The molecule has 2 heteroatoms. The maximum Gasteiger partial charge on any atom is 0.0812 e. The summed E-state index contributed by atoms with van der Waals surface area (Å²) >= 11 is 5.71. The van der Waals surface area contributed by atoms with Crippen molar-refractivity contribution in [2.45, 2.75) is 20.0 Å². The Balaban J connectivity index is 2.82. The average molecular weight is 185 g/mol. The highest BCUT2D eigenvalue weighted by Crippen LogP contribution is 2.22. The van der Waals surface area contributed by atoms with Gasteiger partial charge in [-0.1, -0.05) is 37.6 Å². The second-order valence-corrected chi connectivity index (χ2v) is 3.68. The quantitative estimate of drug-likeness (QED) is 0.749. The van der Waals surface area contributed by atoms with Crippen molar-refractivity contribution < 1.29 is 5.11 Å². The first-order valence-corrected chi connectivity index (χ1v) is 4.42. The van der Waals surface area contributed by atoms with Gasteiger partial charge in [-0.05, 0) is 23.6 Å². The largest absolute Gasteiger partial charge is 0.388 e. The molecule has 1 rings (SSSR count). The molecule has 0 fully saturated rings. The van der Waals surface area contributed by atoms with Gasteiger partial charge < -0.3 is 5.11 Å². The van der Waals surface area contributed by atoms with Gasteiger partial charge in [0, 0.05) is 5.02 Å². The van der Waals surface area contributed by atoms with Crippen LogP contribution in [0.1, 0.15) is 25.5 Å². The summed E-state index contributed by atoms with van der Waals surface area (Å²) < 4.78 is 0. The Morgan fingerprint density at radius 3 is 2.08 bits per heavy atom. The molecule has 0 aliphatic rings. The van der Waals surface area contributed by atoms with Gasteiger partial charge in [0.25, 0.3) is 0 Å². The van der Waals surface area contributed by atoms with Crippen molar-refractivity contribution in [1.29, 1.82) is 0 Å². The predicted octanol–water partition coefficient (Wildman–Crippen LogP) is 3.03. The lowest BCUT2D eigenvalue weighted by Crippen LogP contribution is -2.04. The normalized spacial score (nSPS) is 13.4. The van der Waals surface area contributed by atoms with Gasteiger partial charge in [0.2, 0.25) is 0 Å². The Labute approximate surface area is 78.0 Å². The minimum absolute atomic E-state index is 0.242. The van der Waals surface area contributed by atoms with Crippen LogP contribution in [0.4, 0.5) is 0 Å². The lowest BCUT2D eigenvalue weighted by atomic mass is 9.99. The first kappa shape index (κ1) is 9.56. The summed E-state index contributed by atoms with van der Waals surface area (Å²) in [7, 11) is 0. The summed E-state index contributed by atoms with van der Waals surface area (Å²) in [6.45, 7) is 3.97. The fourth-order valence-electron chi connectivity index (χ4n) is 1.04. The van der Waals surface area contributed by atoms with E-state index in [1.54, 1.807) is 12.1 Å². The molecule has 0 radical (unpaired) electrons. The zero-order valence-corrected chi connectivity index (χ0v) is 8.05. The van der Waals surface area contributed by atoms with Crippen molar-refractivity contribution in [3.63, 3.8) is 0 Å². The Morgan fingerprint density at radius 1 is 1.17 bits per heavy atom. The molecule has 0 spiro atoms. The highest BCUT2D eigenvalue weighted by molar-refractivity contribution is 6.30. The summed E-state index contributed by atoms with van der Waals surface area (Å²) in [5.74, 6) is 0.242. The number of halogens is 1. The second-order valence-electron chi connectivity index (χ2n) is 3.24. The minimum Gasteiger partial charge on any atom is -0.388 e. The van der Waals surface area contributed by atoms with Gasteiger partial charge in [-0.2, -0.15) is 0 Å². The highest BCUT2D eigenvalue weighted by atomic mass is 35.5. The number of benzene rings is 1. The van der Waals surface area contributed by atoms with Crippen molar-refractivity contribution >= 4 is 11.6 Å². The monoisotopic (exact) mass is 184 g/mol. The summed E-state index contributed by atoms with van der Waals surface area (Å²) in [6, 6.07) is 7.30. The number of hydrogen-bond acceptors (Lipinski definition) is 1. The Hall–Kier alpha value is -0.530. The molecule has 1 N–H and O–H groups in total. The van der Waals surface area contributed by atoms with E-state index in [1.165, 1.54) is 0 Å². The van der Waals surface area contributed by atoms with Crippen LogP contribution >= 0.6 is 11.6 Å². The van der Waals surface area contributed by atoms with Gasteiger partial charge in [0.1, 0.15) is 0 Å². The van der Waals surface area contributed by atoms with E-state index in [-0.39, 0.29) is 12.0 Å². The van der Waals surface area contributed by atoms with Gasteiger partial charge in [-0.3, -0.25) is 0 Å². The van der Waals surface area contributed by atoms with Gasteiger partial charge >= 0.3 is 0 Å². The van der Waals surface area contributed by atoms with E-state index in [0.29, 0.717) is 5.02 Å². The van der Waals surface area contributed by atoms with Crippen LogP contribution in [-0.4, -0.2) is 5.11 Å². The molecule has 0 aromatic heterocycles. The SMILES string of the molecule is CC(C)[C@@H](O)c1ccc(Cl)cc1.